The lowest BCUT2D eigenvalue weighted by Crippen LogP contribution is -2.31. The molecule has 0 spiro atoms. The lowest BCUT2D eigenvalue weighted by Gasteiger charge is -2.30. The minimum absolute atomic E-state index is 0.505. The molecule has 0 radical (unpaired) electrons. The van der Waals surface area contributed by atoms with Crippen LogP contribution in [0.1, 0.15) is 17.9 Å². The molecule has 0 aromatic heterocycles. The van der Waals surface area contributed by atoms with Crippen LogP contribution in [0.3, 0.4) is 0 Å². The molecule has 1 N–H and O–H groups in total. The van der Waals surface area contributed by atoms with E-state index >= 15 is 0 Å². The van der Waals surface area contributed by atoms with Crippen molar-refractivity contribution in [2.45, 2.75) is 12.3 Å². The van der Waals surface area contributed by atoms with E-state index in [0.29, 0.717) is 11.8 Å². The second-order valence-corrected chi connectivity index (χ2v) is 4.64. The fourth-order valence-electron chi connectivity index (χ4n) is 2.39. The smallest absolute Gasteiger partial charge is 0.122 e. The molecule has 1 aliphatic heterocycles. The number of methoxy groups -OCH3 is 1. The highest BCUT2D eigenvalue weighted by molar-refractivity contribution is 5.36. The van der Waals surface area contributed by atoms with E-state index in [4.69, 9.17) is 9.47 Å². The Morgan fingerprint density at radius 3 is 2.76 bits per heavy atom. The highest BCUT2D eigenvalue weighted by Gasteiger charge is 2.25. The Balaban J connectivity index is 2.12. The van der Waals surface area contributed by atoms with Crippen molar-refractivity contribution in [2.75, 3.05) is 33.9 Å². The van der Waals surface area contributed by atoms with Crippen LogP contribution in [0.15, 0.2) is 24.3 Å². The first-order valence-corrected chi connectivity index (χ1v) is 6.20. The molecule has 1 saturated heterocycles. The standard InChI is InChI=1S/C14H21NO2/c1-15-8-12(7-11-9-17-10-11)13-5-3-4-6-14(13)16-2/h3-6,11-12,15H,7-10H2,1-2H3. The number of para-hydroxylation sites is 1. The summed E-state index contributed by atoms with van der Waals surface area (Å²) in [6.45, 7) is 2.81. The summed E-state index contributed by atoms with van der Waals surface area (Å²) in [7, 11) is 3.74. The van der Waals surface area contributed by atoms with Gasteiger partial charge in [0, 0.05) is 18.4 Å². The van der Waals surface area contributed by atoms with Crippen molar-refractivity contribution in [3.05, 3.63) is 29.8 Å². The number of nitrogens with one attached hydrogen (secondary N) is 1. The zero-order chi connectivity index (χ0) is 12.1. The Bertz CT molecular complexity index is 350. The molecule has 94 valence electrons. The van der Waals surface area contributed by atoms with Gasteiger partial charge in [0.15, 0.2) is 0 Å². The maximum atomic E-state index is 5.45. The summed E-state index contributed by atoms with van der Waals surface area (Å²) in [5.74, 6) is 2.20. The van der Waals surface area contributed by atoms with Gasteiger partial charge in [0.2, 0.25) is 0 Å². The third-order valence-corrected chi connectivity index (χ3v) is 3.35. The summed E-state index contributed by atoms with van der Waals surface area (Å²) in [5.41, 5.74) is 1.30. The predicted molar refractivity (Wildman–Crippen MR) is 68.6 cm³/mol. The summed E-state index contributed by atoms with van der Waals surface area (Å²) in [4.78, 5) is 0. The van der Waals surface area contributed by atoms with E-state index in [1.54, 1.807) is 7.11 Å². The van der Waals surface area contributed by atoms with E-state index in [2.05, 4.69) is 17.4 Å². The van der Waals surface area contributed by atoms with Crippen LogP contribution in [-0.2, 0) is 4.74 Å². The van der Waals surface area contributed by atoms with E-state index in [0.717, 1.165) is 25.5 Å². The van der Waals surface area contributed by atoms with Gasteiger partial charge in [-0.05, 0) is 25.1 Å². The molecule has 1 fully saturated rings. The lowest BCUT2D eigenvalue weighted by atomic mass is 9.87. The van der Waals surface area contributed by atoms with Crippen LogP contribution in [0.25, 0.3) is 0 Å². The van der Waals surface area contributed by atoms with E-state index in [1.165, 1.54) is 12.0 Å². The maximum Gasteiger partial charge on any atom is 0.122 e. The first kappa shape index (κ1) is 12.4. The molecule has 2 rings (SSSR count). The van der Waals surface area contributed by atoms with Crippen molar-refractivity contribution in [1.82, 2.24) is 5.32 Å². The number of hydrogen-bond acceptors (Lipinski definition) is 3. The molecule has 1 heterocycles. The Labute approximate surface area is 103 Å². The molecular formula is C14H21NO2. The van der Waals surface area contributed by atoms with Crippen LogP contribution in [0.4, 0.5) is 0 Å². The number of likely N-dealkylation sites (N-methyl/N-ethyl adjacent to an activating group) is 1. The first-order chi connectivity index (χ1) is 8.35. The van der Waals surface area contributed by atoms with Gasteiger partial charge in [-0.15, -0.1) is 0 Å². The molecular weight excluding hydrogens is 214 g/mol. The van der Waals surface area contributed by atoms with Gasteiger partial charge in [0.1, 0.15) is 5.75 Å². The van der Waals surface area contributed by atoms with Crippen molar-refractivity contribution < 1.29 is 9.47 Å². The highest BCUT2D eigenvalue weighted by atomic mass is 16.5. The monoisotopic (exact) mass is 235 g/mol. The number of rotatable bonds is 6. The Kier molecular flexibility index (Phi) is 4.40. The Hall–Kier alpha value is -1.06. The third-order valence-electron chi connectivity index (χ3n) is 3.35. The zero-order valence-electron chi connectivity index (χ0n) is 10.6. The summed E-state index contributed by atoms with van der Waals surface area (Å²) in [6.07, 6.45) is 1.17. The summed E-state index contributed by atoms with van der Waals surface area (Å²) in [5, 5.41) is 3.27. The quantitative estimate of drug-likeness (QED) is 0.818. The van der Waals surface area contributed by atoms with Gasteiger partial charge in [-0.25, -0.2) is 0 Å². The molecule has 3 heteroatoms. The average Bonchev–Trinajstić information content (AvgIpc) is 2.32. The summed E-state index contributed by atoms with van der Waals surface area (Å²) >= 11 is 0. The van der Waals surface area contributed by atoms with Crippen molar-refractivity contribution in [1.29, 1.82) is 0 Å². The van der Waals surface area contributed by atoms with Crippen LogP contribution >= 0.6 is 0 Å². The van der Waals surface area contributed by atoms with Gasteiger partial charge >= 0.3 is 0 Å². The molecule has 1 aliphatic rings. The van der Waals surface area contributed by atoms with Gasteiger partial charge in [0.25, 0.3) is 0 Å². The molecule has 0 saturated carbocycles. The number of benzene rings is 1. The molecule has 3 nitrogen and oxygen atoms in total. The Morgan fingerprint density at radius 2 is 2.18 bits per heavy atom. The van der Waals surface area contributed by atoms with Crippen molar-refractivity contribution in [2.24, 2.45) is 5.92 Å². The Morgan fingerprint density at radius 1 is 1.41 bits per heavy atom. The van der Waals surface area contributed by atoms with Crippen molar-refractivity contribution in [3.63, 3.8) is 0 Å². The second kappa shape index (κ2) is 6.03. The third kappa shape index (κ3) is 2.99. The van der Waals surface area contributed by atoms with Crippen LogP contribution in [-0.4, -0.2) is 33.9 Å². The van der Waals surface area contributed by atoms with Crippen LogP contribution in [0, 0.1) is 5.92 Å². The molecule has 1 aromatic rings. The second-order valence-electron chi connectivity index (χ2n) is 4.64. The largest absolute Gasteiger partial charge is 0.496 e. The van der Waals surface area contributed by atoms with Crippen LogP contribution in [0.2, 0.25) is 0 Å². The van der Waals surface area contributed by atoms with E-state index < -0.39 is 0 Å². The lowest BCUT2D eigenvalue weighted by molar-refractivity contribution is -0.0384. The van der Waals surface area contributed by atoms with Crippen LogP contribution < -0.4 is 10.1 Å². The van der Waals surface area contributed by atoms with Gasteiger partial charge in [-0.1, -0.05) is 18.2 Å². The van der Waals surface area contributed by atoms with Gasteiger partial charge < -0.3 is 14.8 Å². The predicted octanol–water partition coefficient (Wildman–Crippen LogP) is 2.03. The average molecular weight is 235 g/mol. The van der Waals surface area contributed by atoms with E-state index in [1.807, 2.05) is 19.2 Å². The highest BCUT2D eigenvalue weighted by Crippen LogP contribution is 2.32. The molecule has 1 unspecified atom stereocenters. The molecule has 1 atom stereocenters. The topological polar surface area (TPSA) is 30.5 Å². The molecule has 17 heavy (non-hydrogen) atoms. The first-order valence-electron chi connectivity index (χ1n) is 6.20. The van der Waals surface area contributed by atoms with Gasteiger partial charge in [0.05, 0.1) is 20.3 Å². The van der Waals surface area contributed by atoms with Crippen LogP contribution in [0.5, 0.6) is 5.75 Å². The normalized spacial score (nSPS) is 17.5. The van der Waals surface area contributed by atoms with E-state index in [-0.39, 0.29) is 0 Å². The fourth-order valence-corrected chi connectivity index (χ4v) is 2.39. The molecule has 0 amide bonds. The maximum absolute atomic E-state index is 5.45. The minimum atomic E-state index is 0.505. The fraction of sp³-hybridized carbons (Fsp3) is 0.571. The summed E-state index contributed by atoms with van der Waals surface area (Å²) in [6, 6.07) is 8.30. The zero-order valence-corrected chi connectivity index (χ0v) is 10.6. The van der Waals surface area contributed by atoms with Gasteiger partial charge in [-0.3, -0.25) is 0 Å². The molecule has 0 bridgehead atoms. The number of ether oxygens (including phenoxy) is 2. The molecule has 0 aliphatic carbocycles. The number of hydrogen-bond donors (Lipinski definition) is 1. The van der Waals surface area contributed by atoms with Crippen molar-refractivity contribution in [3.8, 4) is 5.75 Å². The molecule has 1 aromatic carbocycles. The van der Waals surface area contributed by atoms with E-state index in [9.17, 15) is 0 Å². The minimum Gasteiger partial charge on any atom is -0.496 e. The van der Waals surface area contributed by atoms with Crippen molar-refractivity contribution >= 4 is 0 Å². The SMILES string of the molecule is CNCC(CC1COC1)c1ccccc1OC. The van der Waals surface area contributed by atoms with Gasteiger partial charge in [-0.2, -0.15) is 0 Å². The summed E-state index contributed by atoms with van der Waals surface area (Å²) < 4.78 is 10.7.